The second kappa shape index (κ2) is 7.11. The number of thiophene rings is 1. The van der Waals surface area contributed by atoms with Crippen LogP contribution in [0.3, 0.4) is 0 Å². The molecule has 3 aromatic rings. The van der Waals surface area contributed by atoms with Crippen LogP contribution in [0.5, 0.6) is 0 Å². The lowest BCUT2D eigenvalue weighted by molar-refractivity contribution is 0.0699. The number of ketones is 1. The van der Waals surface area contributed by atoms with E-state index < -0.39 is 0 Å². The van der Waals surface area contributed by atoms with Crippen molar-refractivity contribution < 1.29 is 9.59 Å². The number of likely N-dealkylation sites (tertiary alicyclic amines) is 1. The number of hydrogen-bond acceptors (Lipinski definition) is 7. The Bertz CT molecular complexity index is 1240. The molecule has 0 aliphatic carbocycles. The number of hydrogen-bond donors (Lipinski definition) is 1. The summed E-state index contributed by atoms with van der Waals surface area (Å²) >= 11 is 3.05. The quantitative estimate of drug-likeness (QED) is 0.619. The first-order valence-electron chi connectivity index (χ1n) is 9.68. The molecule has 30 heavy (non-hydrogen) atoms. The second-order valence-corrected chi connectivity index (χ2v) is 10.2. The van der Waals surface area contributed by atoms with Crippen LogP contribution in [0, 0.1) is 11.3 Å². The molecule has 0 atom stereocenters. The number of nitrogens with zero attached hydrogens (tertiary/aromatic N) is 3. The SMILES string of the molecule is N#Cc1ccc2c(c1)C(=O)CC1(CCN(C(=O)c3c(N)sc4ncccc34)CC1)S2. The topological polar surface area (TPSA) is 100 Å². The maximum absolute atomic E-state index is 13.2. The largest absolute Gasteiger partial charge is 0.390 e. The van der Waals surface area contributed by atoms with Gasteiger partial charge >= 0.3 is 0 Å². The van der Waals surface area contributed by atoms with Gasteiger partial charge in [-0.15, -0.1) is 11.8 Å². The minimum Gasteiger partial charge on any atom is -0.390 e. The zero-order chi connectivity index (χ0) is 20.9. The Morgan fingerprint density at radius 3 is 2.83 bits per heavy atom. The van der Waals surface area contributed by atoms with Gasteiger partial charge in [0.25, 0.3) is 5.91 Å². The molecule has 2 aromatic heterocycles. The maximum atomic E-state index is 13.2. The van der Waals surface area contributed by atoms with Gasteiger partial charge in [0.1, 0.15) is 9.83 Å². The summed E-state index contributed by atoms with van der Waals surface area (Å²) in [7, 11) is 0. The third kappa shape index (κ3) is 3.06. The maximum Gasteiger partial charge on any atom is 0.257 e. The molecule has 0 unspecified atom stereocenters. The van der Waals surface area contributed by atoms with E-state index >= 15 is 0 Å². The van der Waals surface area contributed by atoms with Crippen LogP contribution in [-0.2, 0) is 0 Å². The highest BCUT2D eigenvalue weighted by Crippen LogP contribution is 2.49. The lowest BCUT2D eigenvalue weighted by atomic mass is 9.87. The van der Waals surface area contributed by atoms with Crippen molar-refractivity contribution in [2.45, 2.75) is 28.9 Å². The molecule has 1 saturated heterocycles. The molecule has 4 heterocycles. The van der Waals surface area contributed by atoms with E-state index in [9.17, 15) is 9.59 Å². The molecule has 1 aromatic carbocycles. The molecule has 8 heteroatoms. The van der Waals surface area contributed by atoms with Gasteiger partial charge in [0, 0.05) is 46.3 Å². The standard InChI is InChI=1S/C22H18N4O2S2/c23-12-13-3-4-17-15(10-13)16(27)11-22(30-17)5-8-26(9-6-22)21(28)18-14-2-1-7-25-20(14)29-19(18)24/h1-4,7,10H,5-6,8-9,11,24H2. The zero-order valence-electron chi connectivity index (χ0n) is 16.1. The van der Waals surface area contributed by atoms with Crippen molar-refractivity contribution in [2.24, 2.45) is 0 Å². The minimum absolute atomic E-state index is 0.0622. The predicted molar refractivity (Wildman–Crippen MR) is 118 cm³/mol. The molecule has 1 amide bonds. The van der Waals surface area contributed by atoms with E-state index in [1.54, 1.807) is 30.1 Å². The Morgan fingerprint density at radius 2 is 2.07 bits per heavy atom. The number of fused-ring (bicyclic) bond motifs is 2. The van der Waals surface area contributed by atoms with Crippen LogP contribution in [-0.4, -0.2) is 39.4 Å². The van der Waals surface area contributed by atoms with Crippen molar-refractivity contribution in [3.63, 3.8) is 0 Å². The second-order valence-electron chi connectivity index (χ2n) is 7.70. The highest BCUT2D eigenvalue weighted by atomic mass is 32.2. The first-order valence-corrected chi connectivity index (χ1v) is 11.3. The lowest BCUT2D eigenvalue weighted by Gasteiger charge is -2.43. The zero-order valence-corrected chi connectivity index (χ0v) is 17.7. The fourth-order valence-electron chi connectivity index (χ4n) is 4.29. The number of piperidine rings is 1. The summed E-state index contributed by atoms with van der Waals surface area (Å²) in [6.45, 7) is 1.17. The molecule has 0 bridgehead atoms. The number of nitriles is 1. The van der Waals surface area contributed by atoms with Crippen molar-refractivity contribution in [1.29, 1.82) is 5.26 Å². The van der Waals surface area contributed by atoms with Gasteiger partial charge in [-0.2, -0.15) is 5.26 Å². The summed E-state index contributed by atoms with van der Waals surface area (Å²) in [6, 6.07) is 11.1. The van der Waals surface area contributed by atoms with Crippen LogP contribution in [0.1, 0.15) is 45.5 Å². The summed E-state index contributed by atoms with van der Waals surface area (Å²) in [5, 5.41) is 10.4. The van der Waals surface area contributed by atoms with Crippen molar-refractivity contribution in [2.75, 3.05) is 18.8 Å². The van der Waals surface area contributed by atoms with Crippen LogP contribution >= 0.6 is 23.1 Å². The summed E-state index contributed by atoms with van der Waals surface area (Å²) < 4.78 is -0.196. The fourth-order valence-corrected chi connectivity index (χ4v) is 6.67. The van der Waals surface area contributed by atoms with Crippen LogP contribution in [0.4, 0.5) is 5.00 Å². The number of anilines is 1. The molecule has 5 rings (SSSR count). The number of thioether (sulfide) groups is 1. The Kier molecular flexibility index (Phi) is 4.53. The van der Waals surface area contributed by atoms with E-state index in [2.05, 4.69) is 11.1 Å². The average molecular weight is 435 g/mol. The number of nitrogen functional groups attached to an aromatic ring is 1. The van der Waals surface area contributed by atoms with E-state index in [-0.39, 0.29) is 16.4 Å². The molecular weight excluding hydrogens is 416 g/mol. The van der Waals surface area contributed by atoms with Crippen molar-refractivity contribution in [3.05, 3.63) is 53.2 Å². The van der Waals surface area contributed by atoms with Crippen molar-refractivity contribution in [1.82, 2.24) is 9.88 Å². The Hall–Kier alpha value is -2.89. The van der Waals surface area contributed by atoms with Gasteiger partial charge in [0.2, 0.25) is 0 Å². The van der Waals surface area contributed by atoms with Crippen molar-refractivity contribution >= 4 is 50.0 Å². The van der Waals surface area contributed by atoms with Gasteiger partial charge in [0.15, 0.2) is 5.78 Å². The molecular formula is C22H18N4O2S2. The van der Waals surface area contributed by atoms with E-state index in [1.807, 2.05) is 23.1 Å². The van der Waals surface area contributed by atoms with Gasteiger partial charge in [-0.05, 0) is 43.2 Å². The van der Waals surface area contributed by atoms with E-state index in [0.717, 1.165) is 28.0 Å². The molecule has 0 saturated carbocycles. The number of carbonyl (C=O) groups excluding carboxylic acids is 2. The summed E-state index contributed by atoms with van der Waals surface area (Å²) in [4.78, 5) is 33.9. The molecule has 2 N–H and O–H groups in total. The van der Waals surface area contributed by atoms with Crippen molar-refractivity contribution in [3.8, 4) is 6.07 Å². The summed E-state index contributed by atoms with van der Waals surface area (Å²) in [5.74, 6) is 0.0209. The monoisotopic (exact) mass is 434 g/mol. The fraction of sp³-hybridized carbons (Fsp3) is 0.273. The number of carbonyl (C=O) groups is 2. The number of benzene rings is 1. The first kappa shape index (κ1) is 19.1. The highest BCUT2D eigenvalue weighted by molar-refractivity contribution is 8.01. The number of aromatic nitrogens is 1. The highest BCUT2D eigenvalue weighted by Gasteiger charge is 2.43. The predicted octanol–water partition coefficient (Wildman–Crippen LogP) is 4.10. The number of Topliss-reactive ketones (excluding diaryl/α,β-unsaturated/α-hetero) is 1. The van der Waals surface area contributed by atoms with E-state index in [0.29, 0.717) is 41.2 Å². The molecule has 2 aliphatic rings. The van der Waals surface area contributed by atoms with E-state index in [1.165, 1.54) is 11.3 Å². The summed E-state index contributed by atoms with van der Waals surface area (Å²) in [6.07, 6.45) is 3.63. The Balaban J connectivity index is 1.36. The third-order valence-corrected chi connectivity index (χ3v) is 8.39. The molecule has 1 spiro atoms. The Morgan fingerprint density at radius 1 is 1.27 bits per heavy atom. The van der Waals surface area contributed by atoms with Crippen LogP contribution < -0.4 is 5.73 Å². The van der Waals surface area contributed by atoms with E-state index in [4.69, 9.17) is 11.0 Å². The Labute approximate surface area is 181 Å². The normalized spacial score (nSPS) is 17.7. The molecule has 150 valence electrons. The molecule has 1 fully saturated rings. The van der Waals surface area contributed by atoms with Gasteiger partial charge in [-0.3, -0.25) is 9.59 Å². The van der Waals surface area contributed by atoms with Crippen LogP contribution in [0.25, 0.3) is 10.2 Å². The van der Waals surface area contributed by atoms with Gasteiger partial charge in [-0.1, -0.05) is 11.3 Å². The van der Waals surface area contributed by atoms with Gasteiger partial charge < -0.3 is 10.6 Å². The smallest absolute Gasteiger partial charge is 0.257 e. The minimum atomic E-state index is -0.196. The molecule has 2 aliphatic heterocycles. The number of rotatable bonds is 1. The molecule has 0 radical (unpaired) electrons. The lowest BCUT2D eigenvalue weighted by Crippen LogP contribution is -2.47. The van der Waals surface area contributed by atoms with Gasteiger partial charge in [-0.25, -0.2) is 4.98 Å². The number of pyridine rings is 1. The first-order chi connectivity index (χ1) is 14.5. The average Bonchev–Trinajstić information content (AvgIpc) is 3.09. The molecule has 6 nitrogen and oxygen atoms in total. The summed E-state index contributed by atoms with van der Waals surface area (Å²) in [5.41, 5.74) is 7.85. The number of amides is 1. The third-order valence-electron chi connectivity index (χ3n) is 5.89. The van der Waals surface area contributed by atoms with Gasteiger partial charge in [0.05, 0.1) is 17.2 Å². The van der Waals surface area contributed by atoms with Crippen LogP contribution in [0.15, 0.2) is 41.4 Å². The number of nitrogens with two attached hydrogens (primary N) is 1. The van der Waals surface area contributed by atoms with Crippen LogP contribution in [0.2, 0.25) is 0 Å².